The van der Waals surface area contributed by atoms with Gasteiger partial charge in [0.1, 0.15) is 17.6 Å². The summed E-state index contributed by atoms with van der Waals surface area (Å²) in [7, 11) is 1.84. The summed E-state index contributed by atoms with van der Waals surface area (Å²) in [6, 6.07) is 3.82. The molecule has 22 heavy (non-hydrogen) atoms. The minimum absolute atomic E-state index is 0.0859. The third-order valence-corrected chi connectivity index (χ3v) is 3.82. The molecule has 1 aliphatic rings. The van der Waals surface area contributed by atoms with Gasteiger partial charge in [-0.3, -0.25) is 14.9 Å². The van der Waals surface area contributed by atoms with Crippen molar-refractivity contribution in [2.75, 3.05) is 32.1 Å². The maximum atomic E-state index is 5.87. The van der Waals surface area contributed by atoms with E-state index in [4.69, 9.17) is 16.3 Å². The number of pyridine rings is 1. The molecular weight excluding hydrogens is 302 g/mol. The Morgan fingerprint density at radius 1 is 1.32 bits per heavy atom. The molecule has 0 aliphatic carbocycles. The van der Waals surface area contributed by atoms with E-state index >= 15 is 0 Å². The molecule has 2 aromatic rings. The van der Waals surface area contributed by atoms with Gasteiger partial charge in [0.25, 0.3) is 0 Å². The molecule has 0 bridgehead atoms. The highest BCUT2D eigenvalue weighted by Gasteiger charge is 2.25. The van der Waals surface area contributed by atoms with Crippen LogP contribution in [-0.2, 0) is 11.3 Å². The third-order valence-electron chi connectivity index (χ3n) is 3.59. The van der Waals surface area contributed by atoms with Crippen LogP contribution in [0.15, 0.2) is 30.7 Å². The second-order valence-corrected chi connectivity index (χ2v) is 5.54. The molecular formula is C15H18ClN5O. The van der Waals surface area contributed by atoms with Crippen molar-refractivity contribution in [2.45, 2.75) is 12.6 Å². The van der Waals surface area contributed by atoms with Crippen LogP contribution in [-0.4, -0.2) is 46.6 Å². The first-order chi connectivity index (χ1) is 10.8. The molecule has 0 saturated carbocycles. The van der Waals surface area contributed by atoms with Gasteiger partial charge in [-0.15, -0.1) is 0 Å². The van der Waals surface area contributed by atoms with Gasteiger partial charge in [0.15, 0.2) is 0 Å². The van der Waals surface area contributed by atoms with Crippen LogP contribution in [0.4, 0.5) is 5.82 Å². The number of rotatable bonds is 4. The second kappa shape index (κ2) is 7.00. The number of morpholine rings is 1. The minimum atomic E-state index is -0.0859. The van der Waals surface area contributed by atoms with Crippen LogP contribution in [0.5, 0.6) is 0 Å². The molecule has 3 rings (SSSR count). The third kappa shape index (κ3) is 3.52. The van der Waals surface area contributed by atoms with Crippen molar-refractivity contribution in [3.63, 3.8) is 0 Å². The van der Waals surface area contributed by atoms with Crippen molar-refractivity contribution < 1.29 is 4.74 Å². The zero-order chi connectivity index (χ0) is 15.4. The van der Waals surface area contributed by atoms with Gasteiger partial charge in [-0.2, -0.15) is 0 Å². The van der Waals surface area contributed by atoms with Crippen molar-refractivity contribution in [1.29, 1.82) is 0 Å². The highest BCUT2D eigenvalue weighted by Crippen LogP contribution is 2.25. The fraction of sp³-hybridized carbons (Fsp3) is 0.400. The molecule has 1 saturated heterocycles. The van der Waals surface area contributed by atoms with Gasteiger partial charge < -0.3 is 10.1 Å². The number of ether oxygens (including phenoxy) is 1. The Bertz CT molecular complexity index is 622. The fourth-order valence-electron chi connectivity index (χ4n) is 2.52. The SMILES string of the molecule is CNc1nccnc1[C@@H]1CN(Cc2ccc(Cl)cn2)CCO1. The molecule has 6 nitrogen and oxygen atoms in total. The number of hydrogen-bond donors (Lipinski definition) is 1. The lowest BCUT2D eigenvalue weighted by molar-refractivity contribution is -0.0351. The largest absolute Gasteiger partial charge is 0.372 e. The Hall–Kier alpha value is -1.76. The molecule has 1 fully saturated rings. The average molecular weight is 320 g/mol. The average Bonchev–Trinajstić information content (AvgIpc) is 2.57. The maximum absolute atomic E-state index is 5.87. The van der Waals surface area contributed by atoms with Gasteiger partial charge in [-0.25, -0.2) is 4.98 Å². The van der Waals surface area contributed by atoms with E-state index in [1.807, 2.05) is 19.2 Å². The lowest BCUT2D eigenvalue weighted by Gasteiger charge is -2.32. The van der Waals surface area contributed by atoms with Gasteiger partial charge in [0.2, 0.25) is 0 Å². The first kappa shape index (κ1) is 15.1. The number of nitrogens with one attached hydrogen (secondary N) is 1. The van der Waals surface area contributed by atoms with Crippen molar-refractivity contribution in [2.24, 2.45) is 0 Å². The summed E-state index contributed by atoms with van der Waals surface area (Å²) in [5.41, 5.74) is 1.84. The Morgan fingerprint density at radius 2 is 2.18 bits per heavy atom. The standard InChI is InChI=1S/C15H18ClN5O/c1-17-15-14(18-4-5-19-15)13-10-21(6-7-22-13)9-12-3-2-11(16)8-20-12/h2-5,8,13H,6-7,9-10H2,1H3,(H,17,19)/t13-/m0/s1. The quantitative estimate of drug-likeness (QED) is 0.931. The summed E-state index contributed by atoms with van der Waals surface area (Å²) in [6.45, 7) is 3.07. The summed E-state index contributed by atoms with van der Waals surface area (Å²) in [5.74, 6) is 0.763. The van der Waals surface area contributed by atoms with Gasteiger partial charge in [-0.05, 0) is 12.1 Å². The molecule has 7 heteroatoms. The highest BCUT2D eigenvalue weighted by atomic mass is 35.5. The first-order valence-corrected chi connectivity index (χ1v) is 7.57. The molecule has 116 valence electrons. The number of nitrogens with zero attached hydrogens (tertiary/aromatic N) is 4. The van der Waals surface area contributed by atoms with Crippen LogP contribution in [0.1, 0.15) is 17.5 Å². The Kier molecular flexibility index (Phi) is 4.82. The fourth-order valence-corrected chi connectivity index (χ4v) is 2.63. The van der Waals surface area contributed by atoms with Crippen LogP contribution in [0.3, 0.4) is 0 Å². The smallest absolute Gasteiger partial charge is 0.150 e. The van der Waals surface area contributed by atoms with E-state index in [9.17, 15) is 0 Å². The van der Waals surface area contributed by atoms with E-state index in [-0.39, 0.29) is 6.10 Å². The van der Waals surface area contributed by atoms with Crippen LogP contribution in [0.2, 0.25) is 5.02 Å². The Balaban J connectivity index is 1.70. The number of hydrogen-bond acceptors (Lipinski definition) is 6. The van der Waals surface area contributed by atoms with E-state index in [0.29, 0.717) is 11.6 Å². The topological polar surface area (TPSA) is 63.2 Å². The van der Waals surface area contributed by atoms with Gasteiger partial charge in [-0.1, -0.05) is 11.6 Å². The van der Waals surface area contributed by atoms with Crippen LogP contribution < -0.4 is 5.32 Å². The minimum Gasteiger partial charge on any atom is -0.372 e. The number of halogens is 1. The molecule has 1 atom stereocenters. The maximum Gasteiger partial charge on any atom is 0.150 e. The molecule has 2 aromatic heterocycles. The zero-order valence-electron chi connectivity index (χ0n) is 12.4. The van der Waals surface area contributed by atoms with Crippen LogP contribution >= 0.6 is 11.6 Å². The van der Waals surface area contributed by atoms with Gasteiger partial charge >= 0.3 is 0 Å². The van der Waals surface area contributed by atoms with Crippen molar-refractivity contribution in [1.82, 2.24) is 19.9 Å². The molecule has 3 heterocycles. The summed E-state index contributed by atoms with van der Waals surface area (Å²) in [6.07, 6.45) is 4.96. The van der Waals surface area contributed by atoms with Crippen LogP contribution in [0.25, 0.3) is 0 Å². The summed E-state index contributed by atoms with van der Waals surface area (Å²) in [5, 5.41) is 3.72. The normalized spacial score (nSPS) is 19.1. The number of anilines is 1. The lowest BCUT2D eigenvalue weighted by Crippen LogP contribution is -2.38. The summed E-state index contributed by atoms with van der Waals surface area (Å²) >= 11 is 5.87. The van der Waals surface area contributed by atoms with E-state index < -0.39 is 0 Å². The lowest BCUT2D eigenvalue weighted by atomic mass is 10.2. The van der Waals surface area contributed by atoms with Gasteiger partial charge in [0, 0.05) is 45.3 Å². The Labute approximate surface area is 134 Å². The molecule has 0 aromatic carbocycles. The predicted molar refractivity (Wildman–Crippen MR) is 84.8 cm³/mol. The van der Waals surface area contributed by atoms with E-state index in [1.165, 1.54) is 0 Å². The molecule has 0 radical (unpaired) electrons. The van der Waals surface area contributed by atoms with E-state index in [1.54, 1.807) is 18.6 Å². The zero-order valence-corrected chi connectivity index (χ0v) is 13.1. The van der Waals surface area contributed by atoms with E-state index in [2.05, 4.69) is 25.2 Å². The highest BCUT2D eigenvalue weighted by molar-refractivity contribution is 6.30. The van der Waals surface area contributed by atoms with Crippen molar-refractivity contribution >= 4 is 17.4 Å². The molecule has 0 spiro atoms. The predicted octanol–water partition coefficient (Wildman–Crippen LogP) is 2.14. The second-order valence-electron chi connectivity index (χ2n) is 5.10. The Morgan fingerprint density at radius 3 is 2.95 bits per heavy atom. The molecule has 0 amide bonds. The molecule has 1 aliphatic heterocycles. The number of aromatic nitrogens is 3. The van der Waals surface area contributed by atoms with Crippen LogP contribution in [0, 0.1) is 0 Å². The van der Waals surface area contributed by atoms with E-state index in [0.717, 1.165) is 36.8 Å². The van der Waals surface area contributed by atoms with Crippen molar-refractivity contribution in [3.05, 3.63) is 47.1 Å². The van der Waals surface area contributed by atoms with Gasteiger partial charge in [0.05, 0.1) is 17.3 Å². The summed E-state index contributed by atoms with van der Waals surface area (Å²) < 4.78 is 5.87. The molecule has 0 unspecified atom stereocenters. The van der Waals surface area contributed by atoms with Crippen molar-refractivity contribution in [3.8, 4) is 0 Å². The summed E-state index contributed by atoms with van der Waals surface area (Å²) in [4.78, 5) is 15.4. The molecule has 1 N–H and O–H groups in total. The monoisotopic (exact) mass is 319 g/mol. The first-order valence-electron chi connectivity index (χ1n) is 7.19.